The number of esters is 1. The van der Waals surface area contributed by atoms with Crippen LogP contribution in [0.5, 0.6) is 0 Å². The second-order valence-corrected chi connectivity index (χ2v) is 9.97. The first-order valence-electron chi connectivity index (χ1n) is 12.7. The maximum Gasteiger partial charge on any atom is 0.337 e. The minimum Gasteiger partial charge on any atom is -0.465 e. The monoisotopic (exact) mass is 492 g/mol. The van der Waals surface area contributed by atoms with Gasteiger partial charge in [0.25, 0.3) is 0 Å². The van der Waals surface area contributed by atoms with E-state index in [1.165, 1.54) is 7.11 Å². The fourth-order valence-electron chi connectivity index (χ4n) is 5.58. The number of nitrogens with zero attached hydrogens (tertiary/aromatic N) is 1. The minimum atomic E-state index is -0.556. The molecule has 1 amide bonds. The van der Waals surface area contributed by atoms with Gasteiger partial charge in [-0.15, -0.1) is 0 Å². The fraction of sp³-hybridized carbons (Fsp3) is 0.258. The molecule has 37 heavy (non-hydrogen) atoms. The van der Waals surface area contributed by atoms with Crippen LogP contribution in [0.1, 0.15) is 52.7 Å². The number of fused-ring (bicyclic) bond motifs is 2. The fourth-order valence-corrected chi connectivity index (χ4v) is 5.58. The van der Waals surface area contributed by atoms with Crippen LogP contribution in [-0.4, -0.2) is 24.8 Å². The number of hydrogen-bond acceptors (Lipinski definition) is 5. The summed E-state index contributed by atoms with van der Waals surface area (Å²) in [6.07, 6.45) is 4.23. The van der Waals surface area contributed by atoms with Gasteiger partial charge in [-0.3, -0.25) is 9.59 Å². The number of anilines is 2. The summed E-state index contributed by atoms with van der Waals surface area (Å²) >= 11 is 0. The number of para-hydroxylation sites is 2. The van der Waals surface area contributed by atoms with E-state index in [2.05, 4.69) is 11.4 Å². The van der Waals surface area contributed by atoms with Crippen molar-refractivity contribution in [2.24, 2.45) is 11.8 Å². The number of Topliss-reactive ketones (excluding diaryl/α,β-unsaturated/α-hetero) is 1. The Morgan fingerprint density at radius 1 is 0.892 bits per heavy atom. The summed E-state index contributed by atoms with van der Waals surface area (Å²) in [6, 6.07) is 24.3. The molecule has 0 spiro atoms. The number of benzene rings is 3. The molecule has 6 nitrogen and oxygen atoms in total. The third-order valence-corrected chi connectivity index (χ3v) is 7.59. The molecular formula is C31H28N2O4. The molecule has 0 aromatic heterocycles. The van der Waals surface area contributed by atoms with Crippen molar-refractivity contribution in [3.05, 3.63) is 107 Å². The number of carbonyl (C=O) groups excluding carboxylic acids is 3. The smallest absolute Gasteiger partial charge is 0.337 e. The number of methoxy groups -OCH3 is 1. The lowest BCUT2D eigenvalue weighted by molar-refractivity contribution is -0.124. The maximum absolute atomic E-state index is 14.0. The number of carbonyl (C=O) groups is 3. The van der Waals surface area contributed by atoms with E-state index in [-0.39, 0.29) is 23.5 Å². The highest BCUT2D eigenvalue weighted by molar-refractivity contribution is 6.03. The van der Waals surface area contributed by atoms with Crippen molar-refractivity contribution < 1.29 is 19.1 Å². The molecule has 2 aliphatic carbocycles. The first-order valence-corrected chi connectivity index (χ1v) is 12.7. The lowest BCUT2D eigenvalue weighted by Crippen LogP contribution is -2.43. The predicted octanol–water partition coefficient (Wildman–Crippen LogP) is 5.64. The zero-order valence-corrected chi connectivity index (χ0v) is 20.6. The van der Waals surface area contributed by atoms with Crippen LogP contribution in [0, 0.1) is 11.8 Å². The van der Waals surface area contributed by atoms with Gasteiger partial charge >= 0.3 is 5.97 Å². The van der Waals surface area contributed by atoms with E-state index in [4.69, 9.17) is 4.74 Å². The van der Waals surface area contributed by atoms with Crippen LogP contribution in [-0.2, 0) is 14.3 Å². The van der Waals surface area contributed by atoms with Crippen LogP contribution >= 0.6 is 0 Å². The first-order chi connectivity index (χ1) is 18.0. The number of allylic oxidation sites excluding steroid dienone is 1. The minimum absolute atomic E-state index is 0.0359. The van der Waals surface area contributed by atoms with Gasteiger partial charge in [0.1, 0.15) is 5.78 Å². The number of hydrogen-bond donors (Lipinski definition) is 1. The van der Waals surface area contributed by atoms with Gasteiger partial charge in [0.15, 0.2) is 0 Å². The molecule has 6 heteroatoms. The van der Waals surface area contributed by atoms with E-state index in [0.717, 1.165) is 41.0 Å². The SMILES string of the molecule is COC(=O)c1ccc(C2C3C(=O)CC(c4ccccc4)C=C3Nc3ccccc3N2C(=O)C2CC2)cc1. The van der Waals surface area contributed by atoms with Crippen molar-refractivity contribution in [3.63, 3.8) is 0 Å². The normalized spacial score (nSPS) is 22.6. The van der Waals surface area contributed by atoms with Crippen LogP contribution in [0.3, 0.4) is 0 Å². The van der Waals surface area contributed by atoms with Crippen LogP contribution in [0.25, 0.3) is 0 Å². The molecule has 186 valence electrons. The van der Waals surface area contributed by atoms with Gasteiger partial charge < -0.3 is 15.0 Å². The van der Waals surface area contributed by atoms with E-state index in [1.54, 1.807) is 12.1 Å². The highest BCUT2D eigenvalue weighted by Gasteiger charge is 2.47. The average molecular weight is 493 g/mol. The number of rotatable bonds is 4. The van der Waals surface area contributed by atoms with Crippen molar-refractivity contribution >= 4 is 29.0 Å². The van der Waals surface area contributed by atoms with E-state index < -0.39 is 17.9 Å². The summed E-state index contributed by atoms with van der Waals surface area (Å²) in [6.45, 7) is 0. The Kier molecular flexibility index (Phi) is 5.87. The molecule has 3 unspecified atom stereocenters. The van der Waals surface area contributed by atoms with Crippen molar-refractivity contribution in [1.29, 1.82) is 0 Å². The van der Waals surface area contributed by atoms with Crippen molar-refractivity contribution in [2.45, 2.75) is 31.2 Å². The van der Waals surface area contributed by atoms with Gasteiger partial charge in [0, 0.05) is 24.0 Å². The molecule has 1 aliphatic heterocycles. The Labute approximate surface area is 215 Å². The van der Waals surface area contributed by atoms with E-state index in [9.17, 15) is 14.4 Å². The Bertz CT molecular complexity index is 1390. The van der Waals surface area contributed by atoms with Gasteiger partial charge in [0.05, 0.1) is 36.0 Å². The number of nitrogens with one attached hydrogen (secondary N) is 1. The van der Waals surface area contributed by atoms with Crippen LogP contribution in [0.2, 0.25) is 0 Å². The molecule has 3 aromatic rings. The Balaban J connectivity index is 1.52. The highest BCUT2D eigenvalue weighted by atomic mass is 16.5. The van der Waals surface area contributed by atoms with Gasteiger partial charge in [-0.2, -0.15) is 0 Å². The lowest BCUT2D eigenvalue weighted by atomic mass is 9.76. The van der Waals surface area contributed by atoms with Crippen LogP contribution < -0.4 is 10.2 Å². The number of amides is 1. The Hall–Kier alpha value is -4.19. The molecule has 1 fully saturated rings. The van der Waals surface area contributed by atoms with E-state index in [1.807, 2.05) is 71.6 Å². The summed E-state index contributed by atoms with van der Waals surface area (Å²) in [7, 11) is 1.35. The predicted molar refractivity (Wildman–Crippen MR) is 141 cm³/mol. The Morgan fingerprint density at radius 2 is 1.59 bits per heavy atom. The molecule has 0 bridgehead atoms. The van der Waals surface area contributed by atoms with Gasteiger partial charge in [-0.1, -0.05) is 60.7 Å². The highest BCUT2D eigenvalue weighted by Crippen LogP contribution is 2.49. The summed E-state index contributed by atoms with van der Waals surface area (Å²) in [4.78, 5) is 41.7. The molecule has 3 aliphatic rings. The molecule has 1 N–H and O–H groups in total. The lowest BCUT2D eigenvalue weighted by Gasteiger charge is -2.37. The molecule has 1 heterocycles. The number of ketones is 1. The van der Waals surface area contributed by atoms with Gasteiger partial charge in [-0.05, 0) is 48.2 Å². The third-order valence-electron chi connectivity index (χ3n) is 7.59. The molecule has 0 saturated heterocycles. The topological polar surface area (TPSA) is 75.7 Å². The zero-order valence-electron chi connectivity index (χ0n) is 20.6. The molecule has 3 atom stereocenters. The molecular weight excluding hydrogens is 464 g/mol. The average Bonchev–Trinajstić information content (AvgIpc) is 3.79. The summed E-state index contributed by atoms with van der Waals surface area (Å²) in [5.41, 5.74) is 4.70. The first kappa shape index (κ1) is 23.2. The second kappa shape index (κ2) is 9.36. The zero-order chi connectivity index (χ0) is 25.5. The van der Waals surface area contributed by atoms with E-state index >= 15 is 0 Å². The number of ether oxygens (including phenoxy) is 1. The summed E-state index contributed by atoms with van der Waals surface area (Å²) in [5.74, 6) is -0.943. The molecule has 1 saturated carbocycles. The quantitative estimate of drug-likeness (QED) is 0.477. The van der Waals surface area contributed by atoms with Crippen LogP contribution in [0.4, 0.5) is 11.4 Å². The molecule has 3 aromatic carbocycles. The van der Waals surface area contributed by atoms with Crippen molar-refractivity contribution in [3.8, 4) is 0 Å². The largest absolute Gasteiger partial charge is 0.465 e. The van der Waals surface area contributed by atoms with Crippen molar-refractivity contribution in [1.82, 2.24) is 0 Å². The van der Waals surface area contributed by atoms with E-state index in [0.29, 0.717) is 12.0 Å². The molecule has 0 radical (unpaired) electrons. The van der Waals surface area contributed by atoms with Crippen LogP contribution in [0.15, 0.2) is 90.6 Å². The van der Waals surface area contributed by atoms with Crippen molar-refractivity contribution in [2.75, 3.05) is 17.3 Å². The molecule has 6 rings (SSSR count). The summed E-state index contributed by atoms with van der Waals surface area (Å²) < 4.78 is 4.87. The maximum atomic E-state index is 14.0. The Morgan fingerprint density at radius 3 is 2.30 bits per heavy atom. The summed E-state index contributed by atoms with van der Waals surface area (Å²) in [5, 5.41) is 3.55. The van der Waals surface area contributed by atoms with Gasteiger partial charge in [0.2, 0.25) is 5.91 Å². The second-order valence-electron chi connectivity index (χ2n) is 9.97. The standard InChI is InChI=1S/C31H28N2O4/c1-37-31(36)22-15-11-20(12-16-22)29-28-25(17-23(18-27(28)34)19-7-3-2-4-8-19)32-24-9-5-6-10-26(24)33(29)30(35)21-13-14-21/h2-12,15-17,21,23,28-29,32H,13-14,18H2,1H3. The third kappa shape index (κ3) is 4.22. The van der Waals surface area contributed by atoms with Gasteiger partial charge in [-0.25, -0.2) is 4.79 Å².